The van der Waals surface area contributed by atoms with Crippen molar-refractivity contribution in [2.45, 2.75) is 25.8 Å². The van der Waals surface area contributed by atoms with E-state index in [2.05, 4.69) is 5.10 Å². The lowest BCUT2D eigenvalue weighted by Gasteiger charge is -2.23. The molecule has 0 aliphatic carbocycles. The molecule has 1 aliphatic heterocycles. The van der Waals surface area contributed by atoms with Gasteiger partial charge in [-0.25, -0.2) is 9.80 Å². The Morgan fingerprint density at radius 3 is 2.50 bits per heavy atom. The average molecular weight is 416 g/mol. The molecule has 1 aliphatic rings. The Morgan fingerprint density at radius 1 is 1.20 bits per heavy atom. The Labute approximate surface area is 172 Å². The van der Waals surface area contributed by atoms with Gasteiger partial charge in [0.1, 0.15) is 17.1 Å². The SMILES string of the molecule is CCC(=O)N1N=C(c2c(O)n(C)c(=O)n(C)c2=O)CC1c1ccc(OC)cc1OC. The smallest absolute Gasteiger partial charge is 0.333 e. The summed E-state index contributed by atoms with van der Waals surface area (Å²) >= 11 is 0. The number of amides is 1. The summed E-state index contributed by atoms with van der Waals surface area (Å²) in [6, 6.07) is 4.67. The first kappa shape index (κ1) is 21.2. The summed E-state index contributed by atoms with van der Waals surface area (Å²) in [6.45, 7) is 1.71. The van der Waals surface area contributed by atoms with E-state index in [1.54, 1.807) is 25.1 Å². The molecule has 0 saturated carbocycles. The molecular weight excluding hydrogens is 392 g/mol. The van der Waals surface area contributed by atoms with E-state index in [4.69, 9.17) is 9.47 Å². The van der Waals surface area contributed by atoms with Crippen molar-refractivity contribution in [3.05, 3.63) is 50.2 Å². The zero-order valence-electron chi connectivity index (χ0n) is 17.5. The van der Waals surface area contributed by atoms with Crippen molar-refractivity contribution >= 4 is 11.6 Å². The molecule has 0 spiro atoms. The maximum absolute atomic E-state index is 12.7. The number of rotatable bonds is 5. The highest BCUT2D eigenvalue weighted by Gasteiger charge is 2.36. The Morgan fingerprint density at radius 2 is 1.90 bits per heavy atom. The van der Waals surface area contributed by atoms with Crippen LogP contribution in [0.25, 0.3) is 0 Å². The molecule has 1 N–H and O–H groups in total. The van der Waals surface area contributed by atoms with E-state index < -0.39 is 23.2 Å². The minimum atomic E-state index is -0.680. The second-order valence-electron chi connectivity index (χ2n) is 6.87. The third kappa shape index (κ3) is 3.34. The molecular formula is C20H24N4O6. The number of nitrogens with zero attached hydrogens (tertiary/aromatic N) is 4. The van der Waals surface area contributed by atoms with E-state index in [0.717, 1.165) is 9.13 Å². The molecule has 0 radical (unpaired) electrons. The fourth-order valence-electron chi connectivity index (χ4n) is 3.48. The molecule has 0 saturated heterocycles. The molecule has 160 valence electrons. The van der Waals surface area contributed by atoms with Gasteiger partial charge in [0.15, 0.2) is 0 Å². The first-order valence-corrected chi connectivity index (χ1v) is 9.35. The van der Waals surface area contributed by atoms with Gasteiger partial charge < -0.3 is 14.6 Å². The largest absolute Gasteiger partial charge is 0.497 e. The Kier molecular flexibility index (Phi) is 5.68. The van der Waals surface area contributed by atoms with Crippen LogP contribution in [0.4, 0.5) is 0 Å². The molecule has 2 aromatic rings. The Balaban J connectivity index is 2.16. The number of hydrogen-bond donors (Lipinski definition) is 1. The van der Waals surface area contributed by atoms with Crippen LogP contribution in [0.5, 0.6) is 17.4 Å². The van der Waals surface area contributed by atoms with Gasteiger partial charge in [-0.3, -0.25) is 18.7 Å². The van der Waals surface area contributed by atoms with E-state index >= 15 is 0 Å². The van der Waals surface area contributed by atoms with Crippen LogP contribution in [-0.2, 0) is 18.9 Å². The van der Waals surface area contributed by atoms with E-state index in [0.29, 0.717) is 17.1 Å². The number of methoxy groups -OCH3 is 2. The number of benzene rings is 1. The fourth-order valence-corrected chi connectivity index (χ4v) is 3.48. The molecule has 1 aromatic heterocycles. The molecule has 1 aromatic carbocycles. The van der Waals surface area contributed by atoms with Crippen LogP contribution in [0.1, 0.15) is 36.9 Å². The van der Waals surface area contributed by atoms with Gasteiger partial charge in [-0.2, -0.15) is 5.10 Å². The predicted molar refractivity (Wildman–Crippen MR) is 109 cm³/mol. The van der Waals surface area contributed by atoms with Crippen molar-refractivity contribution in [1.29, 1.82) is 0 Å². The average Bonchev–Trinajstić information content (AvgIpc) is 3.20. The second-order valence-corrected chi connectivity index (χ2v) is 6.87. The zero-order chi connectivity index (χ0) is 22.2. The van der Waals surface area contributed by atoms with Gasteiger partial charge in [0.05, 0.1) is 26.0 Å². The number of ether oxygens (including phenoxy) is 2. The highest BCUT2D eigenvalue weighted by Crippen LogP contribution is 2.39. The van der Waals surface area contributed by atoms with Gasteiger partial charge in [-0.1, -0.05) is 6.92 Å². The van der Waals surface area contributed by atoms with Crippen LogP contribution in [0.3, 0.4) is 0 Å². The van der Waals surface area contributed by atoms with Crippen molar-refractivity contribution in [1.82, 2.24) is 14.1 Å². The van der Waals surface area contributed by atoms with Gasteiger partial charge in [0.2, 0.25) is 11.8 Å². The van der Waals surface area contributed by atoms with E-state index in [1.165, 1.54) is 33.3 Å². The summed E-state index contributed by atoms with van der Waals surface area (Å²) in [4.78, 5) is 37.4. The van der Waals surface area contributed by atoms with Crippen molar-refractivity contribution in [3.8, 4) is 17.4 Å². The van der Waals surface area contributed by atoms with Crippen molar-refractivity contribution < 1.29 is 19.4 Å². The van der Waals surface area contributed by atoms with Crippen LogP contribution < -0.4 is 20.7 Å². The van der Waals surface area contributed by atoms with Gasteiger partial charge in [0, 0.05) is 38.6 Å². The molecule has 1 atom stereocenters. The predicted octanol–water partition coefficient (Wildman–Crippen LogP) is 0.894. The minimum absolute atomic E-state index is 0.108. The molecule has 10 nitrogen and oxygen atoms in total. The van der Waals surface area contributed by atoms with Crippen LogP contribution in [0.15, 0.2) is 32.9 Å². The molecule has 1 unspecified atom stereocenters. The molecule has 3 rings (SSSR count). The molecule has 0 fully saturated rings. The van der Waals surface area contributed by atoms with Crippen LogP contribution >= 0.6 is 0 Å². The van der Waals surface area contributed by atoms with Gasteiger partial charge in [0.25, 0.3) is 5.56 Å². The van der Waals surface area contributed by atoms with E-state index in [9.17, 15) is 19.5 Å². The number of aromatic nitrogens is 2. The lowest BCUT2D eigenvalue weighted by Crippen LogP contribution is -2.39. The summed E-state index contributed by atoms with van der Waals surface area (Å²) < 4.78 is 12.6. The highest BCUT2D eigenvalue weighted by atomic mass is 16.5. The lowest BCUT2D eigenvalue weighted by molar-refractivity contribution is -0.132. The van der Waals surface area contributed by atoms with Gasteiger partial charge in [-0.15, -0.1) is 0 Å². The Bertz CT molecular complexity index is 1150. The summed E-state index contributed by atoms with van der Waals surface area (Å²) in [5.41, 5.74) is -0.549. The lowest BCUT2D eigenvalue weighted by atomic mass is 9.98. The van der Waals surface area contributed by atoms with Crippen LogP contribution in [0, 0.1) is 0 Å². The molecule has 2 heterocycles. The van der Waals surface area contributed by atoms with E-state index in [1.807, 2.05) is 0 Å². The van der Waals surface area contributed by atoms with Crippen LogP contribution in [-0.4, -0.2) is 45.1 Å². The topological polar surface area (TPSA) is 115 Å². The highest BCUT2D eigenvalue weighted by molar-refractivity contribution is 6.04. The van der Waals surface area contributed by atoms with Gasteiger partial charge in [-0.05, 0) is 12.1 Å². The number of aromatic hydroxyl groups is 1. The fraction of sp³-hybridized carbons (Fsp3) is 0.400. The minimum Gasteiger partial charge on any atom is -0.497 e. The quantitative estimate of drug-likeness (QED) is 0.774. The Hall–Kier alpha value is -3.56. The third-order valence-corrected chi connectivity index (χ3v) is 5.19. The normalized spacial score (nSPS) is 15.8. The monoisotopic (exact) mass is 416 g/mol. The number of carbonyl (C=O) groups is 1. The summed E-state index contributed by atoms with van der Waals surface area (Å²) in [6.07, 6.45) is 0.360. The zero-order valence-corrected chi connectivity index (χ0v) is 17.5. The second kappa shape index (κ2) is 8.05. The molecule has 0 bridgehead atoms. The van der Waals surface area contributed by atoms with Crippen molar-refractivity contribution in [2.75, 3.05) is 14.2 Å². The third-order valence-electron chi connectivity index (χ3n) is 5.19. The van der Waals surface area contributed by atoms with Crippen molar-refractivity contribution in [2.24, 2.45) is 19.2 Å². The number of hydrazone groups is 1. The summed E-state index contributed by atoms with van der Waals surface area (Å²) in [5.74, 6) is 0.345. The maximum atomic E-state index is 12.7. The van der Waals surface area contributed by atoms with Crippen molar-refractivity contribution in [3.63, 3.8) is 0 Å². The summed E-state index contributed by atoms with van der Waals surface area (Å²) in [5, 5.41) is 16.1. The van der Waals surface area contributed by atoms with E-state index in [-0.39, 0.29) is 30.0 Å². The van der Waals surface area contributed by atoms with Gasteiger partial charge >= 0.3 is 5.69 Å². The molecule has 30 heavy (non-hydrogen) atoms. The number of carbonyl (C=O) groups excluding carboxylic acids is 1. The molecule has 1 amide bonds. The standard InChI is InChI=1S/C20H24N4O6/c1-6-16(25)24-14(12-8-7-11(29-4)9-15(12)30-5)10-13(21-24)17-18(26)22(2)20(28)23(3)19(17)27/h7-9,14,26H,6,10H2,1-5H3. The molecule has 10 heteroatoms. The van der Waals surface area contributed by atoms with Crippen LogP contribution in [0.2, 0.25) is 0 Å². The first-order chi connectivity index (χ1) is 14.2. The summed E-state index contributed by atoms with van der Waals surface area (Å²) in [7, 11) is 5.73. The maximum Gasteiger partial charge on any atom is 0.333 e. The first-order valence-electron chi connectivity index (χ1n) is 9.35. The number of hydrogen-bond acceptors (Lipinski definition) is 7.